The first-order valence-corrected chi connectivity index (χ1v) is 11.7. The number of ether oxygens (including phenoxy) is 2. The molecule has 0 bridgehead atoms. The Hall–Kier alpha value is -3.28. The van der Waals surface area contributed by atoms with E-state index < -0.39 is 39.9 Å². The van der Waals surface area contributed by atoms with Gasteiger partial charge in [0.1, 0.15) is 17.3 Å². The van der Waals surface area contributed by atoms with Crippen molar-refractivity contribution in [2.24, 2.45) is 16.2 Å². The maximum atomic E-state index is 13.9. The van der Waals surface area contributed by atoms with Gasteiger partial charge in [0.05, 0.1) is 27.9 Å². The Morgan fingerprint density at radius 1 is 0.629 bits per heavy atom. The number of hydrogen-bond donors (Lipinski definition) is 0. The third-order valence-corrected chi connectivity index (χ3v) is 5.82. The average molecular weight is 479 g/mol. The van der Waals surface area contributed by atoms with Gasteiger partial charge in [-0.2, -0.15) is 0 Å². The summed E-state index contributed by atoms with van der Waals surface area (Å²) < 4.78 is 11.3. The Morgan fingerprint density at radius 2 is 1.00 bits per heavy atom. The van der Waals surface area contributed by atoms with E-state index in [1.807, 2.05) is 20.8 Å². The van der Waals surface area contributed by atoms with Crippen molar-refractivity contribution < 1.29 is 28.7 Å². The van der Waals surface area contributed by atoms with Gasteiger partial charge in [-0.3, -0.25) is 19.2 Å². The van der Waals surface area contributed by atoms with Crippen molar-refractivity contribution in [3.8, 4) is 11.5 Å². The lowest BCUT2D eigenvalue weighted by Gasteiger charge is -2.32. The molecule has 0 aromatic heterocycles. The minimum atomic E-state index is -0.799. The van der Waals surface area contributed by atoms with E-state index in [4.69, 9.17) is 9.47 Å². The van der Waals surface area contributed by atoms with Gasteiger partial charge in [0.2, 0.25) is 5.78 Å². The molecule has 0 saturated heterocycles. The van der Waals surface area contributed by atoms with Crippen LogP contribution in [0.5, 0.6) is 11.5 Å². The predicted octanol–water partition coefficient (Wildman–Crippen LogP) is 5.88. The largest absolute Gasteiger partial charge is 0.425 e. The number of esters is 2. The summed E-state index contributed by atoms with van der Waals surface area (Å²) in [5.74, 6) is -2.19. The summed E-state index contributed by atoms with van der Waals surface area (Å²) in [4.78, 5) is 53.0. The van der Waals surface area contributed by atoms with Crippen LogP contribution in [0, 0.1) is 16.2 Å². The van der Waals surface area contributed by atoms with E-state index in [2.05, 4.69) is 0 Å². The van der Waals surface area contributed by atoms with Gasteiger partial charge in [-0.05, 0) is 64.8 Å². The highest BCUT2D eigenvalue weighted by Gasteiger charge is 2.43. The average Bonchev–Trinajstić information content (AvgIpc) is 2.71. The lowest BCUT2D eigenvalue weighted by Crippen LogP contribution is -2.34. The first kappa shape index (κ1) is 26.3. The van der Waals surface area contributed by atoms with E-state index >= 15 is 0 Å². The molecule has 6 heteroatoms. The second kappa shape index (κ2) is 8.74. The predicted molar refractivity (Wildman–Crippen MR) is 133 cm³/mol. The monoisotopic (exact) mass is 478 g/mol. The van der Waals surface area contributed by atoms with Crippen molar-refractivity contribution in [1.82, 2.24) is 0 Å². The summed E-state index contributed by atoms with van der Waals surface area (Å²) in [5, 5.41) is 0. The van der Waals surface area contributed by atoms with Crippen LogP contribution in [0.15, 0.2) is 36.4 Å². The van der Waals surface area contributed by atoms with Crippen LogP contribution < -0.4 is 9.47 Å². The lowest BCUT2D eigenvalue weighted by molar-refractivity contribution is -0.143. The molecule has 35 heavy (non-hydrogen) atoms. The molecule has 3 rings (SSSR count). The van der Waals surface area contributed by atoms with Crippen LogP contribution in [-0.4, -0.2) is 23.5 Å². The SMILES string of the molecule is CC(C)(C)C(=O)Oc1cccc2c1C(=O)c1c(OC(=O)C(C)(C)C)cccc1C2C(=O)C(C)(C)C. The van der Waals surface area contributed by atoms with Gasteiger partial charge >= 0.3 is 11.9 Å². The standard InChI is InChI=1S/C29H34O6/c1-27(2,3)24(31)20-16-12-10-14-18(34-25(32)28(4,5)6)21(16)23(30)22-17(20)13-11-15-19(22)35-26(33)29(7,8)9/h10-15,20H,1-9H3. The number of carbonyl (C=O) groups is 4. The number of Topliss-reactive ketones (excluding diaryl/α,β-unsaturated/α-hetero) is 1. The van der Waals surface area contributed by atoms with E-state index in [-0.39, 0.29) is 28.4 Å². The fourth-order valence-corrected chi connectivity index (χ4v) is 3.75. The highest BCUT2D eigenvalue weighted by atomic mass is 16.5. The summed E-state index contributed by atoms with van der Waals surface area (Å²) in [7, 11) is 0. The van der Waals surface area contributed by atoms with Crippen molar-refractivity contribution in [3.63, 3.8) is 0 Å². The first-order chi connectivity index (χ1) is 15.9. The maximum Gasteiger partial charge on any atom is 0.316 e. The van der Waals surface area contributed by atoms with Crippen LogP contribution >= 0.6 is 0 Å². The molecule has 2 aromatic rings. The Labute approximate surface area is 207 Å². The Bertz CT molecular complexity index is 1130. The molecule has 0 heterocycles. The Balaban J connectivity index is 2.29. The van der Waals surface area contributed by atoms with Crippen LogP contribution in [0.4, 0.5) is 0 Å². The van der Waals surface area contributed by atoms with Crippen molar-refractivity contribution in [3.05, 3.63) is 58.7 Å². The topological polar surface area (TPSA) is 86.7 Å². The van der Waals surface area contributed by atoms with Crippen molar-refractivity contribution >= 4 is 23.5 Å². The second-order valence-electron chi connectivity index (χ2n) is 12.1. The minimum absolute atomic E-state index is 0.0849. The normalized spacial score (nSPS) is 14.1. The van der Waals surface area contributed by atoms with Gasteiger partial charge in [0.15, 0.2) is 0 Å². The second-order valence-corrected chi connectivity index (χ2v) is 12.1. The number of fused-ring (bicyclic) bond motifs is 2. The zero-order valence-electron chi connectivity index (χ0n) is 22.0. The van der Waals surface area contributed by atoms with Crippen LogP contribution in [0.1, 0.15) is 95.3 Å². The molecule has 1 aliphatic carbocycles. The number of ketones is 2. The molecular formula is C29H34O6. The molecule has 2 aromatic carbocycles. The molecule has 186 valence electrons. The van der Waals surface area contributed by atoms with E-state index in [1.54, 1.807) is 77.9 Å². The fraction of sp³-hybridized carbons (Fsp3) is 0.448. The molecule has 0 radical (unpaired) electrons. The third-order valence-electron chi connectivity index (χ3n) is 5.82. The quantitative estimate of drug-likeness (QED) is 0.404. The molecule has 0 unspecified atom stereocenters. The minimum Gasteiger partial charge on any atom is -0.425 e. The van der Waals surface area contributed by atoms with Gasteiger partial charge < -0.3 is 9.47 Å². The summed E-state index contributed by atoms with van der Waals surface area (Å²) in [5.41, 5.74) is -1.10. The molecule has 0 fully saturated rings. The zero-order valence-corrected chi connectivity index (χ0v) is 22.0. The third kappa shape index (κ3) is 5.07. The van der Waals surface area contributed by atoms with Crippen molar-refractivity contribution in [2.45, 2.75) is 68.2 Å². The first-order valence-electron chi connectivity index (χ1n) is 11.7. The number of hydrogen-bond acceptors (Lipinski definition) is 6. The number of benzene rings is 2. The van der Waals surface area contributed by atoms with Crippen LogP contribution in [-0.2, 0) is 14.4 Å². The maximum absolute atomic E-state index is 13.9. The highest BCUT2D eigenvalue weighted by molar-refractivity contribution is 6.18. The van der Waals surface area contributed by atoms with E-state index in [9.17, 15) is 19.2 Å². The molecule has 1 aliphatic rings. The summed E-state index contributed by atoms with van der Waals surface area (Å²) in [6.45, 7) is 15.8. The lowest BCUT2D eigenvalue weighted by atomic mass is 9.70. The molecular weight excluding hydrogens is 444 g/mol. The smallest absolute Gasteiger partial charge is 0.316 e. The van der Waals surface area contributed by atoms with Crippen LogP contribution in [0.2, 0.25) is 0 Å². The van der Waals surface area contributed by atoms with Crippen LogP contribution in [0.3, 0.4) is 0 Å². The summed E-state index contributed by atoms with van der Waals surface area (Å²) in [6, 6.07) is 9.88. The number of rotatable bonds is 3. The Morgan fingerprint density at radius 3 is 1.31 bits per heavy atom. The van der Waals surface area contributed by atoms with Gasteiger partial charge in [-0.1, -0.05) is 45.0 Å². The molecule has 0 aliphatic heterocycles. The summed E-state index contributed by atoms with van der Waals surface area (Å²) in [6.07, 6.45) is 0. The molecule has 6 nitrogen and oxygen atoms in total. The van der Waals surface area contributed by atoms with Crippen molar-refractivity contribution in [1.29, 1.82) is 0 Å². The van der Waals surface area contributed by atoms with E-state index in [1.165, 1.54) is 0 Å². The fourth-order valence-electron chi connectivity index (χ4n) is 3.75. The van der Waals surface area contributed by atoms with Gasteiger partial charge in [-0.25, -0.2) is 0 Å². The molecule has 0 spiro atoms. The Kier molecular flexibility index (Phi) is 6.57. The number of carbonyl (C=O) groups excluding carboxylic acids is 4. The van der Waals surface area contributed by atoms with Gasteiger partial charge in [-0.15, -0.1) is 0 Å². The van der Waals surface area contributed by atoms with Gasteiger partial charge in [0.25, 0.3) is 0 Å². The van der Waals surface area contributed by atoms with Crippen LogP contribution in [0.25, 0.3) is 0 Å². The molecule has 0 saturated carbocycles. The highest BCUT2D eigenvalue weighted by Crippen LogP contribution is 2.46. The molecule has 0 amide bonds. The summed E-state index contributed by atoms with van der Waals surface area (Å²) >= 11 is 0. The van der Waals surface area contributed by atoms with E-state index in [0.717, 1.165) is 0 Å². The van der Waals surface area contributed by atoms with Crippen molar-refractivity contribution in [2.75, 3.05) is 0 Å². The van der Waals surface area contributed by atoms with E-state index in [0.29, 0.717) is 11.1 Å². The molecule has 0 atom stereocenters. The zero-order chi connectivity index (χ0) is 26.5. The van der Waals surface area contributed by atoms with Gasteiger partial charge in [0, 0.05) is 5.41 Å². The molecule has 0 N–H and O–H groups in total.